The summed E-state index contributed by atoms with van der Waals surface area (Å²) in [5.74, 6) is 1.19. The molecule has 0 bridgehead atoms. The molecule has 2 aromatic carbocycles. The molecule has 8 heteroatoms. The fourth-order valence-corrected chi connectivity index (χ4v) is 3.83. The zero-order chi connectivity index (χ0) is 20.4. The minimum absolute atomic E-state index is 0.255. The van der Waals surface area contributed by atoms with Gasteiger partial charge in [-0.3, -0.25) is 4.79 Å². The Labute approximate surface area is 175 Å². The minimum Gasteiger partial charge on any atom is -0.493 e. The number of H-pyrrole nitrogens is 1. The van der Waals surface area contributed by atoms with Crippen LogP contribution in [0.5, 0.6) is 11.5 Å². The molecule has 0 amide bonds. The molecule has 2 aromatic heterocycles. The van der Waals surface area contributed by atoms with E-state index in [1.54, 1.807) is 18.2 Å². The number of fused-ring (bicyclic) bond motifs is 1. The number of rotatable bonds is 5. The summed E-state index contributed by atoms with van der Waals surface area (Å²) >= 11 is 7.96. The van der Waals surface area contributed by atoms with Crippen LogP contribution in [-0.2, 0) is 0 Å². The van der Waals surface area contributed by atoms with Crippen molar-refractivity contribution in [2.75, 3.05) is 14.2 Å². The monoisotopic (exact) mass is 425 g/mol. The van der Waals surface area contributed by atoms with Gasteiger partial charge in [0, 0.05) is 17.0 Å². The van der Waals surface area contributed by atoms with E-state index in [2.05, 4.69) is 15.0 Å². The van der Waals surface area contributed by atoms with Crippen LogP contribution in [0.3, 0.4) is 0 Å². The first-order valence-electron chi connectivity index (χ1n) is 8.63. The number of hydrogen-bond donors (Lipinski definition) is 1. The molecule has 0 unspecified atom stereocenters. The smallest absolute Gasteiger partial charge is 0.259 e. The van der Waals surface area contributed by atoms with Gasteiger partial charge in [-0.1, -0.05) is 41.9 Å². The van der Waals surface area contributed by atoms with Gasteiger partial charge in [-0.15, -0.1) is 11.3 Å². The predicted molar refractivity (Wildman–Crippen MR) is 117 cm³/mol. The van der Waals surface area contributed by atoms with E-state index in [1.165, 1.54) is 25.6 Å². The maximum Gasteiger partial charge on any atom is 0.259 e. The summed E-state index contributed by atoms with van der Waals surface area (Å²) in [6, 6.07) is 13.1. The highest BCUT2D eigenvalue weighted by atomic mass is 35.5. The molecule has 0 aliphatic rings. The molecule has 29 heavy (non-hydrogen) atoms. The molecule has 0 aliphatic carbocycles. The number of methoxy groups -OCH3 is 2. The van der Waals surface area contributed by atoms with Crippen molar-refractivity contribution in [2.24, 2.45) is 0 Å². The molecule has 0 spiro atoms. The number of nitrogens with one attached hydrogen (secondary N) is 1. The Morgan fingerprint density at radius 1 is 1.10 bits per heavy atom. The van der Waals surface area contributed by atoms with Crippen molar-refractivity contribution in [3.05, 3.63) is 69.7 Å². The Morgan fingerprint density at radius 2 is 1.83 bits per heavy atom. The van der Waals surface area contributed by atoms with Crippen molar-refractivity contribution in [1.29, 1.82) is 0 Å². The molecule has 0 radical (unpaired) electrons. The predicted octanol–water partition coefficient (Wildman–Crippen LogP) is 4.80. The third kappa shape index (κ3) is 3.87. The number of aromatic amines is 1. The van der Waals surface area contributed by atoms with E-state index < -0.39 is 0 Å². The number of hydrogen-bond acceptors (Lipinski definition) is 6. The van der Waals surface area contributed by atoms with E-state index in [-0.39, 0.29) is 16.4 Å². The topological polar surface area (TPSA) is 77.1 Å². The number of thiazole rings is 1. The first kappa shape index (κ1) is 19.2. The van der Waals surface area contributed by atoms with Crippen molar-refractivity contribution in [3.8, 4) is 22.1 Å². The maximum absolute atomic E-state index is 12.5. The van der Waals surface area contributed by atoms with Gasteiger partial charge in [0.25, 0.3) is 5.56 Å². The fraction of sp³-hybridized carbons (Fsp3) is 0.0952. The van der Waals surface area contributed by atoms with Crippen LogP contribution < -0.4 is 15.0 Å². The third-order valence-electron chi connectivity index (χ3n) is 4.25. The van der Waals surface area contributed by atoms with Crippen LogP contribution in [0.1, 0.15) is 11.5 Å². The van der Waals surface area contributed by atoms with Crippen LogP contribution in [0.15, 0.2) is 52.6 Å². The van der Waals surface area contributed by atoms with E-state index in [0.717, 1.165) is 10.6 Å². The number of benzene rings is 2. The van der Waals surface area contributed by atoms with Crippen LogP contribution in [0.25, 0.3) is 32.6 Å². The Bertz CT molecular complexity index is 1270. The first-order chi connectivity index (χ1) is 14.1. The van der Waals surface area contributed by atoms with E-state index in [4.69, 9.17) is 21.1 Å². The largest absolute Gasteiger partial charge is 0.493 e. The van der Waals surface area contributed by atoms with E-state index >= 15 is 0 Å². The lowest BCUT2D eigenvalue weighted by Crippen LogP contribution is -2.11. The highest BCUT2D eigenvalue weighted by molar-refractivity contribution is 7.13. The normalized spacial score (nSPS) is 11.6. The lowest BCUT2D eigenvalue weighted by Gasteiger charge is -2.09. The Morgan fingerprint density at radius 3 is 2.55 bits per heavy atom. The van der Waals surface area contributed by atoms with Crippen LogP contribution in [0.4, 0.5) is 0 Å². The highest BCUT2D eigenvalue weighted by Crippen LogP contribution is 2.31. The number of ether oxygens (including phenoxy) is 2. The Balaban J connectivity index is 1.72. The Kier molecular flexibility index (Phi) is 5.33. The molecule has 0 saturated heterocycles. The average molecular weight is 426 g/mol. The standard InChI is InChI=1S/C21H16ClN3O3S/c1-27-17-9-14-16(10-18(17)28-2)24-19(25-20(14)26)15(22)8-13-11-29-21(23-13)12-6-4-3-5-7-12/h3-11H,1-2H3,(H,24,25,26)/b15-8-. The summed E-state index contributed by atoms with van der Waals surface area (Å²) in [5, 5.41) is 3.45. The molecule has 0 aliphatic heterocycles. The van der Waals surface area contributed by atoms with Crippen LogP contribution >= 0.6 is 22.9 Å². The van der Waals surface area contributed by atoms with Gasteiger partial charge >= 0.3 is 0 Å². The zero-order valence-corrected chi connectivity index (χ0v) is 17.2. The summed E-state index contributed by atoms with van der Waals surface area (Å²) in [6.45, 7) is 0. The molecule has 2 heterocycles. The molecule has 1 N–H and O–H groups in total. The fourth-order valence-electron chi connectivity index (χ4n) is 2.84. The molecule has 4 rings (SSSR count). The van der Waals surface area contributed by atoms with Gasteiger partial charge in [-0.2, -0.15) is 0 Å². The second-order valence-corrected chi connectivity index (χ2v) is 7.34. The number of nitrogens with zero attached hydrogens (tertiary/aromatic N) is 2. The van der Waals surface area contributed by atoms with Crippen molar-refractivity contribution in [1.82, 2.24) is 15.0 Å². The van der Waals surface area contributed by atoms with Crippen molar-refractivity contribution < 1.29 is 9.47 Å². The maximum atomic E-state index is 12.5. The van der Waals surface area contributed by atoms with Crippen molar-refractivity contribution in [2.45, 2.75) is 0 Å². The van der Waals surface area contributed by atoms with Gasteiger partial charge in [0.05, 0.1) is 35.8 Å². The van der Waals surface area contributed by atoms with Gasteiger partial charge in [-0.25, -0.2) is 9.97 Å². The summed E-state index contributed by atoms with van der Waals surface area (Å²) in [5.41, 5.74) is 1.86. The van der Waals surface area contributed by atoms with Gasteiger partial charge in [-0.05, 0) is 12.1 Å². The van der Waals surface area contributed by atoms with Crippen LogP contribution in [-0.4, -0.2) is 29.2 Å². The van der Waals surface area contributed by atoms with Gasteiger partial charge in [0.1, 0.15) is 5.01 Å². The van der Waals surface area contributed by atoms with E-state index in [9.17, 15) is 4.79 Å². The highest BCUT2D eigenvalue weighted by Gasteiger charge is 2.13. The SMILES string of the molecule is COc1cc2nc(/C(Cl)=C/c3csc(-c4ccccc4)n3)[nH]c(=O)c2cc1OC. The molecule has 0 fully saturated rings. The average Bonchev–Trinajstić information content (AvgIpc) is 3.21. The molecule has 146 valence electrons. The Hall–Kier alpha value is -3.16. The van der Waals surface area contributed by atoms with Crippen LogP contribution in [0.2, 0.25) is 0 Å². The first-order valence-corrected chi connectivity index (χ1v) is 9.89. The zero-order valence-electron chi connectivity index (χ0n) is 15.6. The quantitative estimate of drug-likeness (QED) is 0.497. The van der Waals surface area contributed by atoms with Crippen LogP contribution in [0, 0.1) is 0 Å². The molecule has 0 atom stereocenters. The summed E-state index contributed by atoms with van der Waals surface area (Å²) < 4.78 is 10.5. The third-order valence-corrected chi connectivity index (χ3v) is 5.45. The van der Waals surface area contributed by atoms with Crippen molar-refractivity contribution in [3.63, 3.8) is 0 Å². The summed E-state index contributed by atoms with van der Waals surface area (Å²) in [4.78, 5) is 24.3. The van der Waals surface area contributed by atoms with Gasteiger partial charge < -0.3 is 14.5 Å². The van der Waals surface area contributed by atoms with Gasteiger partial charge in [0.2, 0.25) is 0 Å². The number of halogens is 1. The molecular weight excluding hydrogens is 410 g/mol. The second kappa shape index (κ2) is 8.06. The summed E-state index contributed by atoms with van der Waals surface area (Å²) in [6.07, 6.45) is 1.68. The van der Waals surface area contributed by atoms with Gasteiger partial charge in [0.15, 0.2) is 17.3 Å². The van der Waals surface area contributed by atoms with Crippen molar-refractivity contribution >= 4 is 44.9 Å². The lowest BCUT2D eigenvalue weighted by atomic mass is 10.2. The second-order valence-electron chi connectivity index (χ2n) is 6.07. The minimum atomic E-state index is -0.319. The molecule has 0 saturated carbocycles. The molecule has 4 aromatic rings. The number of aromatic nitrogens is 3. The molecular formula is C21H16ClN3O3S. The van der Waals surface area contributed by atoms with E-state index in [0.29, 0.717) is 28.1 Å². The molecule has 6 nitrogen and oxygen atoms in total. The lowest BCUT2D eigenvalue weighted by molar-refractivity contribution is 0.355. The summed E-state index contributed by atoms with van der Waals surface area (Å²) in [7, 11) is 3.04. The van der Waals surface area contributed by atoms with E-state index in [1.807, 2.05) is 35.7 Å².